The summed E-state index contributed by atoms with van der Waals surface area (Å²) in [5.74, 6) is 0.860. The van der Waals surface area contributed by atoms with Crippen LogP contribution in [0.2, 0.25) is 0 Å². The normalized spacial score (nSPS) is 10.8. The average Bonchev–Trinajstić information content (AvgIpc) is 3.09. The Balaban J connectivity index is 1.87. The van der Waals surface area contributed by atoms with Crippen molar-refractivity contribution in [3.8, 4) is 5.75 Å². The molecule has 4 nitrogen and oxygen atoms in total. The highest BCUT2D eigenvalue weighted by molar-refractivity contribution is 5.98. The van der Waals surface area contributed by atoms with E-state index in [1.165, 1.54) is 0 Å². The second-order valence-electron chi connectivity index (χ2n) is 5.82. The molecule has 2 aromatic carbocycles. The van der Waals surface area contributed by atoms with E-state index in [1.807, 2.05) is 59.6 Å². The number of nitrogens with zero attached hydrogens (tertiary/aromatic N) is 1. The van der Waals surface area contributed by atoms with Crippen LogP contribution >= 0.6 is 0 Å². The Bertz CT molecular complexity index is 838. The summed E-state index contributed by atoms with van der Waals surface area (Å²) in [6, 6.07) is 15.6. The van der Waals surface area contributed by atoms with E-state index < -0.39 is 0 Å². The SMILES string of the molecule is CCCN(Cc1ccccc1OC)C(=O)c1ccc2[nH]ccc2c1. The van der Waals surface area contributed by atoms with E-state index in [0.717, 1.165) is 28.6 Å². The van der Waals surface area contributed by atoms with E-state index in [9.17, 15) is 4.79 Å². The first-order chi connectivity index (χ1) is 11.7. The van der Waals surface area contributed by atoms with E-state index in [1.54, 1.807) is 7.11 Å². The molecule has 0 aliphatic rings. The molecule has 0 saturated heterocycles. The van der Waals surface area contributed by atoms with Crippen LogP contribution in [0.4, 0.5) is 0 Å². The van der Waals surface area contributed by atoms with Crippen molar-refractivity contribution in [2.45, 2.75) is 19.9 Å². The first-order valence-corrected chi connectivity index (χ1v) is 8.21. The maximum atomic E-state index is 13.0. The third-order valence-corrected chi connectivity index (χ3v) is 4.13. The van der Waals surface area contributed by atoms with Gasteiger partial charge >= 0.3 is 0 Å². The summed E-state index contributed by atoms with van der Waals surface area (Å²) in [4.78, 5) is 18.0. The molecule has 3 aromatic rings. The molecule has 24 heavy (non-hydrogen) atoms. The summed E-state index contributed by atoms with van der Waals surface area (Å²) >= 11 is 0. The van der Waals surface area contributed by atoms with Crippen LogP contribution in [-0.2, 0) is 6.54 Å². The number of aromatic nitrogens is 1. The number of fused-ring (bicyclic) bond motifs is 1. The highest BCUT2D eigenvalue weighted by Crippen LogP contribution is 2.21. The molecule has 0 fully saturated rings. The van der Waals surface area contributed by atoms with Crippen LogP contribution in [0.3, 0.4) is 0 Å². The molecule has 0 aliphatic carbocycles. The third-order valence-electron chi connectivity index (χ3n) is 4.13. The minimum Gasteiger partial charge on any atom is -0.496 e. The summed E-state index contributed by atoms with van der Waals surface area (Å²) < 4.78 is 5.41. The molecular formula is C20H22N2O2. The molecule has 1 amide bonds. The van der Waals surface area contributed by atoms with Gasteiger partial charge in [0.2, 0.25) is 0 Å². The number of hydrogen-bond donors (Lipinski definition) is 1. The number of amides is 1. The molecule has 3 rings (SSSR count). The number of methoxy groups -OCH3 is 1. The van der Waals surface area contributed by atoms with Crippen LogP contribution in [-0.4, -0.2) is 29.4 Å². The number of rotatable bonds is 6. The van der Waals surface area contributed by atoms with Crippen molar-refractivity contribution in [3.63, 3.8) is 0 Å². The molecule has 0 radical (unpaired) electrons. The van der Waals surface area contributed by atoms with Crippen LogP contribution in [0, 0.1) is 0 Å². The van der Waals surface area contributed by atoms with E-state index in [4.69, 9.17) is 4.74 Å². The van der Waals surface area contributed by atoms with Gasteiger partial charge in [-0.1, -0.05) is 25.1 Å². The minimum atomic E-state index is 0.0471. The predicted octanol–water partition coefficient (Wildman–Crippen LogP) is 4.23. The Morgan fingerprint density at radius 1 is 1.17 bits per heavy atom. The van der Waals surface area contributed by atoms with E-state index in [-0.39, 0.29) is 5.91 Å². The van der Waals surface area contributed by atoms with Crippen molar-refractivity contribution in [1.29, 1.82) is 0 Å². The van der Waals surface area contributed by atoms with Crippen molar-refractivity contribution in [2.24, 2.45) is 0 Å². The summed E-state index contributed by atoms with van der Waals surface area (Å²) in [5, 5.41) is 1.05. The standard InChI is InChI=1S/C20H22N2O2/c1-3-12-22(14-17-6-4-5-7-19(17)24-2)20(23)16-8-9-18-15(13-16)10-11-21-18/h4-11,13,21H,3,12,14H2,1-2H3. The summed E-state index contributed by atoms with van der Waals surface area (Å²) in [5.41, 5.74) is 2.77. The third kappa shape index (κ3) is 3.27. The first kappa shape index (κ1) is 16.1. The fourth-order valence-corrected chi connectivity index (χ4v) is 2.93. The summed E-state index contributed by atoms with van der Waals surface area (Å²) in [7, 11) is 1.66. The van der Waals surface area contributed by atoms with Gasteiger partial charge in [0.25, 0.3) is 5.91 Å². The summed E-state index contributed by atoms with van der Waals surface area (Å²) in [6.07, 6.45) is 2.80. The Labute approximate surface area is 142 Å². The molecular weight excluding hydrogens is 300 g/mol. The monoisotopic (exact) mass is 322 g/mol. The minimum absolute atomic E-state index is 0.0471. The van der Waals surface area contributed by atoms with Crippen LogP contribution in [0.15, 0.2) is 54.7 Å². The summed E-state index contributed by atoms with van der Waals surface area (Å²) in [6.45, 7) is 3.34. The molecule has 0 atom stereocenters. The second kappa shape index (κ2) is 7.21. The lowest BCUT2D eigenvalue weighted by atomic mass is 10.1. The Kier molecular flexibility index (Phi) is 4.85. The van der Waals surface area contributed by atoms with Gasteiger partial charge in [-0.15, -0.1) is 0 Å². The Hall–Kier alpha value is -2.75. The smallest absolute Gasteiger partial charge is 0.254 e. The number of H-pyrrole nitrogens is 1. The maximum absolute atomic E-state index is 13.0. The topological polar surface area (TPSA) is 45.3 Å². The zero-order valence-corrected chi connectivity index (χ0v) is 14.1. The number of carbonyl (C=O) groups is 1. The van der Waals surface area contributed by atoms with Gasteiger partial charge in [-0.25, -0.2) is 0 Å². The number of benzene rings is 2. The maximum Gasteiger partial charge on any atom is 0.254 e. The van der Waals surface area contributed by atoms with Crippen molar-refractivity contribution in [3.05, 3.63) is 65.9 Å². The highest BCUT2D eigenvalue weighted by Gasteiger charge is 2.17. The number of para-hydroxylation sites is 1. The average molecular weight is 322 g/mol. The van der Waals surface area contributed by atoms with Gasteiger partial charge in [0, 0.05) is 41.3 Å². The van der Waals surface area contributed by atoms with E-state index >= 15 is 0 Å². The van der Waals surface area contributed by atoms with Gasteiger partial charge in [-0.3, -0.25) is 4.79 Å². The van der Waals surface area contributed by atoms with Crippen LogP contribution in [0.5, 0.6) is 5.75 Å². The fraction of sp³-hybridized carbons (Fsp3) is 0.250. The fourth-order valence-electron chi connectivity index (χ4n) is 2.93. The number of nitrogens with one attached hydrogen (secondary N) is 1. The van der Waals surface area contributed by atoms with Gasteiger partial charge in [0.15, 0.2) is 0 Å². The van der Waals surface area contributed by atoms with E-state index in [2.05, 4.69) is 11.9 Å². The molecule has 0 spiro atoms. The van der Waals surface area contributed by atoms with Crippen molar-refractivity contribution in [1.82, 2.24) is 9.88 Å². The molecule has 0 bridgehead atoms. The lowest BCUT2D eigenvalue weighted by Crippen LogP contribution is -2.31. The van der Waals surface area contributed by atoms with Gasteiger partial charge in [0.1, 0.15) is 5.75 Å². The van der Waals surface area contributed by atoms with Crippen LogP contribution in [0.25, 0.3) is 10.9 Å². The second-order valence-corrected chi connectivity index (χ2v) is 5.82. The lowest BCUT2D eigenvalue weighted by Gasteiger charge is -2.23. The van der Waals surface area contributed by atoms with Crippen molar-refractivity contribution in [2.75, 3.05) is 13.7 Å². The first-order valence-electron chi connectivity index (χ1n) is 8.21. The quantitative estimate of drug-likeness (QED) is 0.738. The number of hydrogen-bond acceptors (Lipinski definition) is 2. The largest absolute Gasteiger partial charge is 0.496 e. The van der Waals surface area contributed by atoms with Crippen molar-refractivity contribution >= 4 is 16.8 Å². The predicted molar refractivity (Wildman–Crippen MR) is 96.3 cm³/mol. The Morgan fingerprint density at radius 3 is 2.79 bits per heavy atom. The van der Waals surface area contributed by atoms with Gasteiger partial charge < -0.3 is 14.6 Å². The van der Waals surface area contributed by atoms with Crippen LogP contribution < -0.4 is 4.74 Å². The number of ether oxygens (including phenoxy) is 1. The number of aromatic amines is 1. The van der Waals surface area contributed by atoms with E-state index in [0.29, 0.717) is 18.7 Å². The Morgan fingerprint density at radius 2 is 2.00 bits per heavy atom. The molecule has 0 saturated carbocycles. The highest BCUT2D eigenvalue weighted by atomic mass is 16.5. The molecule has 1 heterocycles. The number of carbonyl (C=O) groups excluding carboxylic acids is 1. The lowest BCUT2D eigenvalue weighted by molar-refractivity contribution is 0.0742. The molecule has 0 unspecified atom stereocenters. The zero-order chi connectivity index (χ0) is 16.9. The molecule has 4 heteroatoms. The van der Waals surface area contributed by atoms with Gasteiger partial charge in [-0.2, -0.15) is 0 Å². The van der Waals surface area contributed by atoms with Gasteiger partial charge in [0.05, 0.1) is 7.11 Å². The zero-order valence-electron chi connectivity index (χ0n) is 14.1. The molecule has 1 N–H and O–H groups in total. The molecule has 124 valence electrons. The van der Waals surface area contributed by atoms with Crippen LogP contribution in [0.1, 0.15) is 29.3 Å². The molecule has 0 aliphatic heterocycles. The van der Waals surface area contributed by atoms with Crippen molar-refractivity contribution < 1.29 is 9.53 Å². The van der Waals surface area contributed by atoms with Gasteiger partial charge in [-0.05, 0) is 36.8 Å². The molecule has 1 aromatic heterocycles.